The predicted molar refractivity (Wildman–Crippen MR) is 277 cm³/mol. The first-order valence-electron chi connectivity index (χ1n) is 23.9. The summed E-state index contributed by atoms with van der Waals surface area (Å²) in [5, 5.41) is 4.85. The van der Waals surface area contributed by atoms with Gasteiger partial charge in [-0.05, 0) is 181 Å². The molecule has 10 aromatic carbocycles. The summed E-state index contributed by atoms with van der Waals surface area (Å²) in [6.07, 6.45) is -11.3. The zero-order valence-corrected chi connectivity index (χ0v) is 39.2. The summed E-state index contributed by atoms with van der Waals surface area (Å²) in [6.45, 7) is 8.85. The minimum absolute atomic E-state index is 0.0554. The quantitative estimate of drug-likeness (QED) is 0.154. The Morgan fingerprint density at radius 2 is 0.521 bits per heavy atom. The molecule has 0 N–H and O–H groups in total. The average Bonchev–Trinajstić information content (AvgIpc) is 3.89. The van der Waals surface area contributed by atoms with Crippen molar-refractivity contribution in [3.8, 4) is 77.9 Å². The summed E-state index contributed by atoms with van der Waals surface area (Å²) in [6, 6.07) is 63.5. The molecule has 0 atom stereocenters. The van der Waals surface area contributed by atoms with Gasteiger partial charge in [-0.2, -0.15) is 26.3 Å². The first kappa shape index (κ1) is 43.3. The Morgan fingerprint density at radius 1 is 0.254 bits per heavy atom. The van der Waals surface area contributed by atoms with Gasteiger partial charge in [-0.3, -0.25) is 0 Å². The monoisotopic (exact) mass is 938 g/mol. The number of benzene rings is 10. The molecule has 3 aliphatic rings. The van der Waals surface area contributed by atoms with Crippen molar-refractivity contribution in [1.82, 2.24) is 0 Å². The standard InChI is InChI=1S/C65H44F6/c1-61(2)56-32-44(43-18-17-41-30-40(15-16-42(41)31-43)39-14-13-37-9-5-6-10-38(37)29-39)19-24-50(56)51-25-20-45(33-57(51)61)46-21-26-52-53-27-22-47(35-59(53)62(3,4)58(52)34-46)48-23-28-54-49-11-7-8-12-55(49)63(60(54)36-48,64(66,67)68)65(69,70)71/h5-36H,1-4H3. The van der Waals surface area contributed by atoms with E-state index in [0.717, 1.165) is 45.5 Å². The van der Waals surface area contributed by atoms with E-state index in [0.29, 0.717) is 11.1 Å². The summed E-state index contributed by atoms with van der Waals surface area (Å²) in [5.41, 5.74) is 10.2. The lowest BCUT2D eigenvalue weighted by Gasteiger charge is -2.36. The molecule has 0 aromatic heterocycles. The van der Waals surface area contributed by atoms with Gasteiger partial charge in [0, 0.05) is 10.8 Å². The molecule has 0 amide bonds. The molecule has 346 valence electrons. The molecule has 0 saturated carbocycles. The van der Waals surface area contributed by atoms with Crippen LogP contribution >= 0.6 is 0 Å². The van der Waals surface area contributed by atoms with E-state index in [1.807, 2.05) is 12.1 Å². The van der Waals surface area contributed by atoms with Crippen molar-refractivity contribution in [2.75, 3.05) is 0 Å². The first-order valence-corrected chi connectivity index (χ1v) is 23.9. The molecule has 0 heterocycles. The third-order valence-corrected chi connectivity index (χ3v) is 16.2. The van der Waals surface area contributed by atoms with Crippen LogP contribution in [0.2, 0.25) is 0 Å². The Morgan fingerprint density at radius 3 is 0.915 bits per heavy atom. The lowest BCUT2D eigenvalue weighted by molar-refractivity contribution is -0.287. The number of hydrogen-bond donors (Lipinski definition) is 0. The number of halogens is 6. The van der Waals surface area contributed by atoms with Crippen LogP contribution in [-0.2, 0) is 16.2 Å². The summed E-state index contributed by atoms with van der Waals surface area (Å²) >= 11 is 0. The lowest BCUT2D eigenvalue weighted by Crippen LogP contribution is -2.53. The van der Waals surface area contributed by atoms with Crippen LogP contribution in [0.15, 0.2) is 194 Å². The van der Waals surface area contributed by atoms with Gasteiger partial charge >= 0.3 is 12.4 Å². The van der Waals surface area contributed by atoms with Crippen molar-refractivity contribution in [2.45, 2.75) is 56.3 Å². The number of fused-ring (bicyclic) bond motifs is 11. The molecule has 0 fully saturated rings. The van der Waals surface area contributed by atoms with Crippen LogP contribution in [0.25, 0.3) is 99.4 Å². The highest BCUT2D eigenvalue weighted by Gasteiger charge is 2.75. The van der Waals surface area contributed by atoms with Crippen LogP contribution in [0.5, 0.6) is 0 Å². The zero-order valence-electron chi connectivity index (χ0n) is 39.2. The van der Waals surface area contributed by atoms with Gasteiger partial charge in [0.05, 0.1) is 0 Å². The molecule has 0 radical (unpaired) electrons. The largest absolute Gasteiger partial charge is 0.411 e. The summed E-state index contributed by atoms with van der Waals surface area (Å²) in [5.74, 6) is 0. The predicted octanol–water partition coefficient (Wildman–Crippen LogP) is 18.7. The van der Waals surface area contributed by atoms with Gasteiger partial charge in [0.25, 0.3) is 0 Å². The fraction of sp³-hybridized carbons (Fsp3) is 0.138. The van der Waals surface area contributed by atoms with E-state index < -0.39 is 34.3 Å². The number of rotatable bonds is 4. The van der Waals surface area contributed by atoms with Gasteiger partial charge in [-0.25, -0.2) is 0 Å². The fourth-order valence-electron chi connectivity index (χ4n) is 12.4. The molecule has 0 nitrogen and oxygen atoms in total. The van der Waals surface area contributed by atoms with Crippen molar-refractivity contribution in [3.63, 3.8) is 0 Å². The smallest absolute Gasteiger partial charge is 0.169 e. The van der Waals surface area contributed by atoms with E-state index in [2.05, 4.69) is 161 Å². The van der Waals surface area contributed by atoms with Crippen molar-refractivity contribution in [2.24, 2.45) is 0 Å². The Bertz CT molecular complexity index is 3910. The Kier molecular flexibility index (Phi) is 8.96. The highest BCUT2D eigenvalue weighted by molar-refractivity contribution is 5.95. The van der Waals surface area contributed by atoms with Crippen LogP contribution in [0, 0.1) is 0 Å². The first-order chi connectivity index (χ1) is 33.9. The second-order valence-electron chi connectivity index (χ2n) is 20.7. The van der Waals surface area contributed by atoms with E-state index in [1.165, 1.54) is 90.3 Å². The Balaban J connectivity index is 0.798. The molecule has 71 heavy (non-hydrogen) atoms. The van der Waals surface area contributed by atoms with Gasteiger partial charge in [-0.1, -0.05) is 173 Å². The maximum absolute atomic E-state index is 15.0. The topological polar surface area (TPSA) is 0 Å². The van der Waals surface area contributed by atoms with Crippen molar-refractivity contribution in [1.29, 1.82) is 0 Å². The zero-order chi connectivity index (χ0) is 49.0. The summed E-state index contributed by atoms with van der Waals surface area (Å²) in [4.78, 5) is 0. The van der Waals surface area contributed by atoms with Crippen LogP contribution in [0.3, 0.4) is 0 Å². The van der Waals surface area contributed by atoms with E-state index in [-0.39, 0.29) is 16.5 Å². The van der Waals surface area contributed by atoms with Gasteiger partial charge < -0.3 is 0 Å². The van der Waals surface area contributed by atoms with Crippen LogP contribution in [-0.4, -0.2) is 12.4 Å². The third kappa shape index (κ3) is 6.13. The molecule has 0 unspecified atom stereocenters. The number of alkyl halides is 6. The molecule has 0 bridgehead atoms. The molecule has 0 spiro atoms. The molecule has 3 aliphatic carbocycles. The van der Waals surface area contributed by atoms with Gasteiger partial charge in [-0.15, -0.1) is 0 Å². The van der Waals surface area contributed by atoms with Crippen LogP contribution in [0.4, 0.5) is 26.3 Å². The van der Waals surface area contributed by atoms with E-state index in [4.69, 9.17) is 0 Å². The van der Waals surface area contributed by atoms with Gasteiger partial charge in [0.15, 0.2) is 0 Å². The Labute approximate surface area is 407 Å². The summed E-state index contributed by atoms with van der Waals surface area (Å²) in [7, 11) is 0. The van der Waals surface area contributed by atoms with Gasteiger partial charge in [0.2, 0.25) is 5.41 Å². The normalized spacial score (nSPS) is 15.5. The maximum atomic E-state index is 15.0. The van der Waals surface area contributed by atoms with E-state index >= 15 is 26.3 Å². The Hall–Kier alpha value is -7.70. The molecule has 0 aliphatic heterocycles. The SMILES string of the molecule is CC1(C)c2cc(-c3ccc4c(c3)C(C)(C)c3cc(-c5ccc6cc(-c7ccc8ccccc8c7)ccc6c5)ccc3-4)ccc2-c2ccc(-c3ccc4c(c3)C(C(F)(F)F)(C(F)(F)F)c3ccccc3-4)cc21. The number of hydrogen-bond acceptors (Lipinski definition) is 0. The highest BCUT2D eigenvalue weighted by atomic mass is 19.4. The molecule has 6 heteroatoms. The molecule has 10 aromatic rings. The molecular weight excluding hydrogens is 895 g/mol. The van der Waals surface area contributed by atoms with Crippen molar-refractivity contribution in [3.05, 3.63) is 228 Å². The van der Waals surface area contributed by atoms with Crippen molar-refractivity contribution < 1.29 is 26.3 Å². The molecule has 0 saturated heterocycles. The van der Waals surface area contributed by atoms with Crippen LogP contribution in [0.1, 0.15) is 61.1 Å². The highest BCUT2D eigenvalue weighted by Crippen LogP contribution is 2.64. The lowest BCUT2D eigenvalue weighted by atomic mass is 9.75. The second kappa shape index (κ2) is 14.7. The third-order valence-electron chi connectivity index (χ3n) is 16.2. The molecule has 13 rings (SSSR count). The maximum Gasteiger partial charge on any atom is 0.411 e. The fourth-order valence-corrected chi connectivity index (χ4v) is 12.4. The minimum atomic E-state index is -5.63. The van der Waals surface area contributed by atoms with E-state index in [9.17, 15) is 0 Å². The van der Waals surface area contributed by atoms with E-state index in [1.54, 1.807) is 12.1 Å². The summed E-state index contributed by atoms with van der Waals surface area (Å²) < 4.78 is 90.1. The average molecular weight is 939 g/mol. The minimum Gasteiger partial charge on any atom is -0.169 e. The second-order valence-corrected chi connectivity index (χ2v) is 20.7. The van der Waals surface area contributed by atoms with Crippen molar-refractivity contribution >= 4 is 21.5 Å². The van der Waals surface area contributed by atoms with Crippen LogP contribution < -0.4 is 0 Å². The van der Waals surface area contributed by atoms with Gasteiger partial charge in [0.1, 0.15) is 0 Å². The molecular formula is C65H44F6.